The van der Waals surface area contributed by atoms with Gasteiger partial charge in [0.15, 0.2) is 6.19 Å². The Balaban J connectivity index is 0.000000437. The molecule has 0 spiro atoms. The minimum atomic E-state index is -4.67. The Morgan fingerprint density at radius 1 is 1.18 bits per heavy atom. The van der Waals surface area contributed by atoms with Crippen LogP contribution < -0.4 is 10.9 Å². The molecule has 8 nitrogen and oxygen atoms in total. The minimum absolute atomic E-state index is 0.500. The third kappa shape index (κ3) is 8.65. The van der Waals surface area contributed by atoms with Crippen molar-refractivity contribution in [1.82, 2.24) is 5.43 Å². The number of nitriles is 2. The molecule has 1 aromatic rings. The lowest BCUT2D eigenvalue weighted by molar-refractivity contribution is 0.381. The third-order valence-electron chi connectivity index (χ3n) is 1.30. The van der Waals surface area contributed by atoms with Gasteiger partial charge in [-0.15, -0.1) is 0 Å². The average molecular weight is 256 g/mol. The number of benzene rings is 1. The van der Waals surface area contributed by atoms with Gasteiger partial charge in [0.25, 0.3) is 0 Å². The lowest BCUT2D eigenvalue weighted by Crippen LogP contribution is -2.15. The van der Waals surface area contributed by atoms with Gasteiger partial charge in [-0.25, -0.2) is 5.43 Å². The molecule has 0 radical (unpaired) electrons. The van der Waals surface area contributed by atoms with Crippen LogP contribution in [0.2, 0.25) is 0 Å². The molecule has 0 aliphatic rings. The first kappa shape index (κ1) is 14.7. The third-order valence-corrected chi connectivity index (χ3v) is 1.30. The summed E-state index contributed by atoms with van der Waals surface area (Å²) < 4.78 is 31.6. The van der Waals surface area contributed by atoms with Gasteiger partial charge in [0.05, 0.1) is 11.3 Å². The molecule has 0 saturated heterocycles. The zero-order valence-electron chi connectivity index (χ0n) is 8.32. The van der Waals surface area contributed by atoms with E-state index >= 15 is 0 Å². The lowest BCUT2D eigenvalue weighted by Gasteiger charge is -2.03. The van der Waals surface area contributed by atoms with Crippen molar-refractivity contribution in [2.45, 2.75) is 0 Å². The second-order valence-corrected chi connectivity index (χ2v) is 3.36. The van der Waals surface area contributed by atoms with Crippen LogP contribution in [0.3, 0.4) is 0 Å². The van der Waals surface area contributed by atoms with Gasteiger partial charge >= 0.3 is 10.4 Å². The zero-order chi connectivity index (χ0) is 13.3. The Hall–Kier alpha value is -2.33. The summed E-state index contributed by atoms with van der Waals surface area (Å²) in [6, 6.07) is 8.91. The molecular weight excluding hydrogens is 248 g/mol. The number of anilines is 1. The van der Waals surface area contributed by atoms with Crippen LogP contribution in [-0.2, 0) is 10.4 Å². The smallest absolute Gasteiger partial charge is 0.291 e. The Labute approximate surface area is 97.7 Å². The van der Waals surface area contributed by atoms with E-state index in [9.17, 15) is 0 Å². The monoisotopic (exact) mass is 256 g/mol. The van der Waals surface area contributed by atoms with E-state index in [0.29, 0.717) is 11.3 Å². The van der Waals surface area contributed by atoms with E-state index in [1.807, 2.05) is 6.07 Å². The molecule has 1 aromatic carbocycles. The fourth-order valence-corrected chi connectivity index (χ4v) is 0.785. The molecule has 0 unspecified atom stereocenters. The molecule has 4 N–H and O–H groups in total. The average Bonchev–Trinajstić information content (AvgIpc) is 2.24. The van der Waals surface area contributed by atoms with Crippen molar-refractivity contribution in [3.8, 4) is 12.3 Å². The maximum Gasteiger partial charge on any atom is 0.394 e. The normalized spacial score (nSPS) is 8.94. The van der Waals surface area contributed by atoms with E-state index in [1.54, 1.807) is 30.5 Å². The predicted molar refractivity (Wildman–Crippen MR) is 57.7 cm³/mol. The molecule has 0 heterocycles. The van der Waals surface area contributed by atoms with E-state index < -0.39 is 10.4 Å². The maximum absolute atomic E-state index is 8.74. The Bertz CT molecular complexity index is 535. The van der Waals surface area contributed by atoms with Crippen LogP contribution in [0.15, 0.2) is 24.3 Å². The van der Waals surface area contributed by atoms with Crippen molar-refractivity contribution in [3.63, 3.8) is 0 Å². The molecule has 0 saturated carbocycles. The second-order valence-electron chi connectivity index (χ2n) is 2.47. The molecule has 17 heavy (non-hydrogen) atoms. The van der Waals surface area contributed by atoms with Gasteiger partial charge in [0.2, 0.25) is 0 Å². The van der Waals surface area contributed by atoms with E-state index in [4.69, 9.17) is 28.0 Å². The Kier molecular flexibility index (Phi) is 6.06. The highest BCUT2D eigenvalue weighted by Crippen LogP contribution is 2.11. The lowest BCUT2D eigenvalue weighted by atomic mass is 10.2. The maximum atomic E-state index is 8.74. The quantitative estimate of drug-likeness (QED) is 0.256. The molecule has 1 rings (SSSR count). The zero-order valence-corrected chi connectivity index (χ0v) is 9.14. The van der Waals surface area contributed by atoms with Crippen LogP contribution in [0.4, 0.5) is 5.69 Å². The highest BCUT2D eigenvalue weighted by molar-refractivity contribution is 7.79. The summed E-state index contributed by atoms with van der Waals surface area (Å²) in [6.07, 6.45) is 1.70. The number of hydrogen-bond acceptors (Lipinski definition) is 6. The molecule has 0 aliphatic carbocycles. The summed E-state index contributed by atoms with van der Waals surface area (Å²) in [5.41, 5.74) is 5.92. The summed E-state index contributed by atoms with van der Waals surface area (Å²) in [4.78, 5) is 0. The molecule has 0 amide bonds. The van der Waals surface area contributed by atoms with Gasteiger partial charge in [0.1, 0.15) is 6.07 Å². The molecule has 9 heteroatoms. The summed E-state index contributed by atoms with van der Waals surface area (Å²) in [5, 5.41) is 16.8. The van der Waals surface area contributed by atoms with E-state index in [2.05, 4.69) is 10.9 Å². The number of para-hydroxylation sites is 1. The van der Waals surface area contributed by atoms with Crippen molar-refractivity contribution < 1.29 is 17.5 Å². The summed E-state index contributed by atoms with van der Waals surface area (Å²) in [5.74, 6) is 0. The van der Waals surface area contributed by atoms with Crippen LogP contribution in [0, 0.1) is 22.8 Å². The molecule has 0 atom stereocenters. The SMILES string of the molecule is N#CNNc1ccccc1C#N.O=S(=O)(O)O. The van der Waals surface area contributed by atoms with E-state index in [1.165, 1.54) is 0 Å². The fraction of sp³-hybridized carbons (Fsp3) is 0. The van der Waals surface area contributed by atoms with Crippen molar-refractivity contribution in [1.29, 1.82) is 10.5 Å². The van der Waals surface area contributed by atoms with Crippen molar-refractivity contribution >= 4 is 16.1 Å². The van der Waals surface area contributed by atoms with E-state index in [0.717, 1.165) is 0 Å². The van der Waals surface area contributed by atoms with Crippen molar-refractivity contribution in [3.05, 3.63) is 29.8 Å². The first-order chi connectivity index (χ1) is 7.88. The highest BCUT2D eigenvalue weighted by Gasteiger charge is 1.96. The number of nitrogens with one attached hydrogen (secondary N) is 2. The number of rotatable bonds is 2. The van der Waals surface area contributed by atoms with Gasteiger partial charge in [0, 0.05) is 0 Å². The topological polar surface area (TPSA) is 146 Å². The van der Waals surface area contributed by atoms with Crippen LogP contribution in [0.25, 0.3) is 0 Å². The second kappa shape index (κ2) is 7.03. The van der Waals surface area contributed by atoms with Gasteiger partial charge in [-0.2, -0.15) is 18.9 Å². The van der Waals surface area contributed by atoms with Crippen LogP contribution in [-0.4, -0.2) is 17.5 Å². The molecule has 90 valence electrons. The molecule has 0 fully saturated rings. The number of hydrazine groups is 1. The van der Waals surface area contributed by atoms with Crippen LogP contribution in [0.1, 0.15) is 5.56 Å². The van der Waals surface area contributed by atoms with E-state index in [-0.39, 0.29) is 0 Å². The van der Waals surface area contributed by atoms with Crippen LogP contribution in [0.5, 0.6) is 0 Å². The largest absolute Gasteiger partial charge is 0.394 e. The molecule has 0 aromatic heterocycles. The van der Waals surface area contributed by atoms with Crippen molar-refractivity contribution in [2.24, 2.45) is 0 Å². The standard InChI is InChI=1S/C8H6N4.H2O4S/c9-5-7-3-1-2-4-8(7)12-11-6-10;1-5(2,3)4/h1-4,11-12H;(H2,1,2,3,4). The molecule has 0 bridgehead atoms. The summed E-state index contributed by atoms with van der Waals surface area (Å²) >= 11 is 0. The van der Waals surface area contributed by atoms with Crippen LogP contribution >= 0.6 is 0 Å². The number of hydrogen-bond donors (Lipinski definition) is 4. The first-order valence-electron chi connectivity index (χ1n) is 3.97. The molecular formula is C8H8N4O4S. The first-order valence-corrected chi connectivity index (χ1v) is 5.37. The van der Waals surface area contributed by atoms with Crippen molar-refractivity contribution in [2.75, 3.05) is 5.43 Å². The Morgan fingerprint density at radius 3 is 2.18 bits per heavy atom. The van der Waals surface area contributed by atoms with Gasteiger partial charge in [-0.1, -0.05) is 12.1 Å². The fourth-order valence-electron chi connectivity index (χ4n) is 0.785. The number of nitrogens with zero attached hydrogens (tertiary/aromatic N) is 2. The van der Waals surface area contributed by atoms with Gasteiger partial charge < -0.3 is 0 Å². The minimum Gasteiger partial charge on any atom is -0.291 e. The van der Waals surface area contributed by atoms with Gasteiger partial charge in [-0.05, 0) is 12.1 Å². The predicted octanol–water partition coefficient (Wildman–Crippen LogP) is 0.303. The summed E-state index contributed by atoms with van der Waals surface area (Å²) in [7, 11) is -4.67. The van der Waals surface area contributed by atoms with Gasteiger partial charge in [-0.3, -0.25) is 14.5 Å². The summed E-state index contributed by atoms with van der Waals surface area (Å²) in [6.45, 7) is 0. The molecule has 0 aliphatic heterocycles. The highest BCUT2D eigenvalue weighted by atomic mass is 32.3. The Morgan fingerprint density at radius 2 is 1.71 bits per heavy atom.